The molecule has 0 N–H and O–H groups in total. The second kappa shape index (κ2) is 8.72. The molecule has 0 saturated carbocycles. The van der Waals surface area contributed by atoms with Crippen molar-refractivity contribution in [1.82, 2.24) is 0 Å². The molecule has 0 saturated heterocycles. The van der Waals surface area contributed by atoms with Crippen LogP contribution in [0.2, 0.25) is 0 Å². The number of esters is 1. The third-order valence-corrected chi connectivity index (χ3v) is 3.40. The van der Waals surface area contributed by atoms with E-state index in [-0.39, 0.29) is 11.3 Å². The SMILES string of the molecule is CCCCc1cccc(OC(=O)Oc2ccccc2C(=O)OC)c1. The van der Waals surface area contributed by atoms with Crippen LogP contribution in [-0.2, 0) is 11.2 Å². The van der Waals surface area contributed by atoms with Crippen LogP contribution < -0.4 is 9.47 Å². The Morgan fingerprint density at radius 3 is 2.54 bits per heavy atom. The maximum Gasteiger partial charge on any atom is 0.519 e. The van der Waals surface area contributed by atoms with Gasteiger partial charge in [0.15, 0.2) is 0 Å². The molecule has 0 atom stereocenters. The predicted octanol–water partition coefficient (Wildman–Crippen LogP) is 4.39. The minimum absolute atomic E-state index is 0.0940. The van der Waals surface area contributed by atoms with E-state index < -0.39 is 12.1 Å². The quantitative estimate of drug-likeness (QED) is 0.581. The summed E-state index contributed by atoms with van der Waals surface area (Å²) < 4.78 is 15.0. The van der Waals surface area contributed by atoms with Gasteiger partial charge in [-0.2, -0.15) is 0 Å². The van der Waals surface area contributed by atoms with Crippen molar-refractivity contribution >= 4 is 12.1 Å². The van der Waals surface area contributed by atoms with Gasteiger partial charge >= 0.3 is 12.1 Å². The molecular formula is C19H20O5. The second-order valence-electron chi connectivity index (χ2n) is 5.19. The molecule has 24 heavy (non-hydrogen) atoms. The zero-order chi connectivity index (χ0) is 17.4. The highest BCUT2D eigenvalue weighted by Crippen LogP contribution is 2.21. The summed E-state index contributed by atoms with van der Waals surface area (Å²) in [5.41, 5.74) is 1.26. The first-order valence-corrected chi connectivity index (χ1v) is 7.80. The maximum atomic E-state index is 12.0. The lowest BCUT2D eigenvalue weighted by atomic mass is 10.1. The van der Waals surface area contributed by atoms with Crippen molar-refractivity contribution in [2.75, 3.05) is 7.11 Å². The fraction of sp³-hybridized carbons (Fsp3) is 0.263. The standard InChI is InChI=1S/C19H20O5/c1-3-4-8-14-9-7-10-15(13-14)23-19(21)24-17-12-6-5-11-16(17)18(20)22-2/h5-7,9-13H,3-4,8H2,1-2H3. The molecule has 126 valence electrons. The van der Waals surface area contributed by atoms with Gasteiger partial charge in [0.05, 0.1) is 7.11 Å². The largest absolute Gasteiger partial charge is 0.519 e. The van der Waals surface area contributed by atoms with E-state index in [0.717, 1.165) is 24.8 Å². The summed E-state index contributed by atoms with van der Waals surface area (Å²) >= 11 is 0. The molecule has 5 heteroatoms. The van der Waals surface area contributed by atoms with Crippen LogP contribution in [0, 0.1) is 0 Å². The first-order chi connectivity index (χ1) is 11.6. The fourth-order valence-electron chi connectivity index (χ4n) is 2.19. The predicted molar refractivity (Wildman–Crippen MR) is 89.5 cm³/mol. The number of carbonyl (C=O) groups excluding carboxylic acids is 2. The Balaban J connectivity index is 2.05. The van der Waals surface area contributed by atoms with Crippen LogP contribution in [0.3, 0.4) is 0 Å². The highest BCUT2D eigenvalue weighted by atomic mass is 16.7. The topological polar surface area (TPSA) is 61.8 Å². The maximum absolute atomic E-state index is 12.0. The van der Waals surface area contributed by atoms with Crippen molar-refractivity contribution in [2.24, 2.45) is 0 Å². The number of rotatable bonds is 6. The van der Waals surface area contributed by atoms with Crippen molar-refractivity contribution in [2.45, 2.75) is 26.2 Å². The second-order valence-corrected chi connectivity index (χ2v) is 5.19. The summed E-state index contributed by atoms with van der Waals surface area (Å²) in [5, 5.41) is 0. The number of ether oxygens (including phenoxy) is 3. The number of hydrogen-bond donors (Lipinski definition) is 0. The van der Waals surface area contributed by atoms with Crippen LogP contribution in [0.25, 0.3) is 0 Å². The number of hydrogen-bond acceptors (Lipinski definition) is 5. The molecular weight excluding hydrogens is 308 g/mol. The lowest BCUT2D eigenvalue weighted by molar-refractivity contribution is 0.0597. The van der Waals surface area contributed by atoms with E-state index in [1.54, 1.807) is 18.2 Å². The van der Waals surface area contributed by atoms with Gasteiger partial charge in [-0.3, -0.25) is 0 Å². The van der Waals surface area contributed by atoms with Gasteiger partial charge in [-0.15, -0.1) is 0 Å². The zero-order valence-electron chi connectivity index (χ0n) is 13.8. The summed E-state index contributed by atoms with van der Waals surface area (Å²) in [7, 11) is 1.26. The molecule has 0 aromatic heterocycles. The van der Waals surface area contributed by atoms with Gasteiger partial charge in [-0.05, 0) is 42.7 Å². The van der Waals surface area contributed by atoms with Crippen molar-refractivity contribution in [3.8, 4) is 11.5 Å². The van der Waals surface area contributed by atoms with Crippen LogP contribution in [0.5, 0.6) is 11.5 Å². The van der Waals surface area contributed by atoms with Gasteiger partial charge in [0.2, 0.25) is 0 Å². The van der Waals surface area contributed by atoms with Gasteiger partial charge in [0, 0.05) is 0 Å². The van der Waals surface area contributed by atoms with Crippen molar-refractivity contribution in [3.05, 3.63) is 59.7 Å². The highest BCUT2D eigenvalue weighted by Gasteiger charge is 2.16. The lowest BCUT2D eigenvalue weighted by Gasteiger charge is -2.09. The van der Waals surface area contributed by atoms with Crippen molar-refractivity contribution < 1.29 is 23.8 Å². The molecule has 2 rings (SSSR count). The molecule has 2 aromatic rings. The van der Waals surface area contributed by atoms with Crippen molar-refractivity contribution in [3.63, 3.8) is 0 Å². The summed E-state index contributed by atoms with van der Waals surface area (Å²) in [4.78, 5) is 23.6. The van der Waals surface area contributed by atoms with E-state index in [0.29, 0.717) is 5.75 Å². The minimum atomic E-state index is -0.904. The third kappa shape index (κ3) is 4.84. The van der Waals surface area contributed by atoms with Crippen LogP contribution >= 0.6 is 0 Å². The van der Waals surface area contributed by atoms with E-state index in [4.69, 9.17) is 9.47 Å². The minimum Gasteiger partial charge on any atom is -0.465 e. The number of unbranched alkanes of at least 4 members (excludes halogenated alkanes) is 1. The first kappa shape index (κ1) is 17.5. The molecule has 0 radical (unpaired) electrons. The number of benzene rings is 2. The van der Waals surface area contributed by atoms with E-state index in [1.165, 1.54) is 19.2 Å². The Hall–Kier alpha value is -2.82. The van der Waals surface area contributed by atoms with Crippen LogP contribution in [0.1, 0.15) is 35.7 Å². The van der Waals surface area contributed by atoms with Crippen LogP contribution in [-0.4, -0.2) is 19.2 Å². The number of carbonyl (C=O) groups is 2. The van der Waals surface area contributed by atoms with E-state index in [1.807, 2.05) is 18.2 Å². The molecule has 0 heterocycles. The Bertz CT molecular complexity index is 708. The summed E-state index contributed by atoms with van der Waals surface area (Å²) in [6, 6.07) is 13.6. The van der Waals surface area contributed by atoms with Crippen molar-refractivity contribution in [1.29, 1.82) is 0 Å². The Morgan fingerprint density at radius 1 is 1.00 bits per heavy atom. The van der Waals surface area contributed by atoms with Gasteiger partial charge in [0.1, 0.15) is 17.1 Å². The molecule has 0 fully saturated rings. The van der Waals surface area contributed by atoms with E-state index in [9.17, 15) is 9.59 Å². The summed E-state index contributed by atoms with van der Waals surface area (Å²) in [5.74, 6) is -0.0828. The average molecular weight is 328 g/mol. The van der Waals surface area contributed by atoms with Gasteiger partial charge < -0.3 is 14.2 Å². The Morgan fingerprint density at radius 2 is 1.79 bits per heavy atom. The molecule has 0 spiro atoms. The highest BCUT2D eigenvalue weighted by molar-refractivity contribution is 5.93. The van der Waals surface area contributed by atoms with E-state index in [2.05, 4.69) is 11.7 Å². The number of methoxy groups -OCH3 is 1. The van der Waals surface area contributed by atoms with Gasteiger partial charge in [-0.25, -0.2) is 9.59 Å². The average Bonchev–Trinajstić information content (AvgIpc) is 2.60. The molecule has 0 aliphatic carbocycles. The summed E-state index contributed by atoms with van der Waals surface area (Å²) in [6.45, 7) is 2.12. The van der Waals surface area contributed by atoms with E-state index >= 15 is 0 Å². The Kier molecular flexibility index (Phi) is 6.37. The number of para-hydroxylation sites is 1. The van der Waals surface area contributed by atoms with Crippen LogP contribution in [0.15, 0.2) is 48.5 Å². The van der Waals surface area contributed by atoms with Crippen LogP contribution in [0.4, 0.5) is 4.79 Å². The molecule has 0 amide bonds. The number of aryl methyl sites for hydroxylation is 1. The molecule has 5 nitrogen and oxygen atoms in total. The fourth-order valence-corrected chi connectivity index (χ4v) is 2.19. The Labute approximate surface area is 141 Å². The molecule has 0 aliphatic heterocycles. The molecule has 2 aromatic carbocycles. The zero-order valence-corrected chi connectivity index (χ0v) is 13.8. The summed E-state index contributed by atoms with van der Waals surface area (Å²) in [6.07, 6.45) is 2.19. The molecule has 0 aliphatic rings. The third-order valence-electron chi connectivity index (χ3n) is 3.40. The normalized spacial score (nSPS) is 10.1. The van der Waals surface area contributed by atoms with Gasteiger partial charge in [-0.1, -0.05) is 37.6 Å². The molecule has 0 bridgehead atoms. The lowest BCUT2D eigenvalue weighted by Crippen LogP contribution is -2.16. The first-order valence-electron chi connectivity index (χ1n) is 7.80. The smallest absolute Gasteiger partial charge is 0.465 e. The monoisotopic (exact) mass is 328 g/mol. The molecule has 0 unspecified atom stereocenters. The van der Waals surface area contributed by atoms with Gasteiger partial charge in [0.25, 0.3) is 0 Å².